The summed E-state index contributed by atoms with van der Waals surface area (Å²) in [4.78, 5) is -0.694. The van der Waals surface area contributed by atoms with Crippen LogP contribution < -0.4 is 0 Å². The summed E-state index contributed by atoms with van der Waals surface area (Å²) < 4.78 is 53.8. The second-order valence-electron chi connectivity index (χ2n) is 5.35. The van der Waals surface area contributed by atoms with E-state index in [0.717, 1.165) is 25.0 Å². The molecule has 0 heterocycles. The Morgan fingerprint density at radius 1 is 1.33 bits per heavy atom. The van der Waals surface area contributed by atoms with E-state index in [1.54, 1.807) is 0 Å². The number of halogens is 2. The highest BCUT2D eigenvalue weighted by Gasteiger charge is 2.33. The Bertz CT molecular complexity index is 615. The molecule has 21 heavy (non-hydrogen) atoms. The van der Waals surface area contributed by atoms with Crippen molar-refractivity contribution in [1.29, 1.82) is 0 Å². The van der Waals surface area contributed by atoms with Crippen LogP contribution in [0, 0.1) is 17.6 Å². The maximum absolute atomic E-state index is 13.9. The summed E-state index contributed by atoms with van der Waals surface area (Å²) >= 11 is 0. The van der Waals surface area contributed by atoms with E-state index in [0.29, 0.717) is 18.9 Å². The topological polar surface area (TPSA) is 57.6 Å². The lowest BCUT2D eigenvalue weighted by molar-refractivity contribution is 0.280. The number of hydrogen-bond acceptors (Lipinski definition) is 3. The van der Waals surface area contributed by atoms with Crippen molar-refractivity contribution < 1.29 is 22.3 Å². The Morgan fingerprint density at radius 3 is 2.52 bits per heavy atom. The molecule has 0 spiro atoms. The quantitative estimate of drug-likeness (QED) is 0.839. The molecule has 1 aliphatic rings. The molecular weight excluding hydrogens is 300 g/mol. The Hall–Kier alpha value is -1.05. The average Bonchev–Trinajstić information content (AvgIpc) is 3.25. The fourth-order valence-corrected chi connectivity index (χ4v) is 3.92. The van der Waals surface area contributed by atoms with E-state index in [4.69, 9.17) is 5.11 Å². The van der Waals surface area contributed by atoms with Crippen LogP contribution in [0.2, 0.25) is 0 Å². The van der Waals surface area contributed by atoms with Crippen LogP contribution in [0.4, 0.5) is 8.78 Å². The van der Waals surface area contributed by atoms with Gasteiger partial charge < -0.3 is 5.11 Å². The van der Waals surface area contributed by atoms with Crippen LogP contribution in [-0.4, -0.2) is 30.9 Å². The second-order valence-corrected chi connectivity index (χ2v) is 7.26. The number of benzene rings is 1. The van der Waals surface area contributed by atoms with Crippen molar-refractivity contribution in [3.63, 3.8) is 0 Å². The van der Waals surface area contributed by atoms with E-state index in [9.17, 15) is 17.2 Å². The maximum atomic E-state index is 13.9. The third-order valence-electron chi connectivity index (χ3n) is 3.49. The van der Waals surface area contributed by atoms with Gasteiger partial charge in [-0.25, -0.2) is 17.2 Å². The molecule has 0 bridgehead atoms. The van der Waals surface area contributed by atoms with Gasteiger partial charge >= 0.3 is 0 Å². The summed E-state index contributed by atoms with van der Waals surface area (Å²) in [5, 5.41) is 9.04. The summed E-state index contributed by atoms with van der Waals surface area (Å²) in [5.74, 6) is -2.34. The molecule has 1 aromatic rings. The van der Waals surface area contributed by atoms with Gasteiger partial charge in [0.1, 0.15) is 4.90 Å². The fourth-order valence-electron chi connectivity index (χ4n) is 2.18. The van der Waals surface area contributed by atoms with E-state index >= 15 is 0 Å². The SMILES string of the molecule is CCCN(CC1CC1)S(=O)(=O)c1cc(CO)cc(F)c1F. The van der Waals surface area contributed by atoms with E-state index in [1.165, 1.54) is 4.31 Å². The van der Waals surface area contributed by atoms with Crippen molar-refractivity contribution in [2.24, 2.45) is 5.92 Å². The Balaban J connectivity index is 2.42. The van der Waals surface area contributed by atoms with Gasteiger partial charge in [0.15, 0.2) is 11.6 Å². The molecule has 0 unspecified atom stereocenters. The molecule has 118 valence electrons. The molecule has 0 radical (unpaired) electrons. The molecule has 1 aliphatic carbocycles. The lowest BCUT2D eigenvalue weighted by Gasteiger charge is -2.22. The van der Waals surface area contributed by atoms with Crippen LogP contribution in [0.15, 0.2) is 17.0 Å². The van der Waals surface area contributed by atoms with Crippen molar-refractivity contribution in [2.75, 3.05) is 13.1 Å². The molecule has 0 aromatic heterocycles. The fraction of sp³-hybridized carbons (Fsp3) is 0.571. The minimum absolute atomic E-state index is 0.0374. The molecule has 2 rings (SSSR count). The summed E-state index contributed by atoms with van der Waals surface area (Å²) in [6.07, 6.45) is 2.52. The van der Waals surface area contributed by atoms with Gasteiger partial charge in [0.25, 0.3) is 0 Å². The summed E-state index contributed by atoms with van der Waals surface area (Å²) in [6, 6.07) is 1.81. The number of rotatable bonds is 7. The molecule has 7 heteroatoms. The molecule has 4 nitrogen and oxygen atoms in total. The first-order valence-corrected chi connectivity index (χ1v) is 8.43. The monoisotopic (exact) mass is 319 g/mol. The van der Waals surface area contributed by atoms with Gasteiger partial charge in [0, 0.05) is 13.1 Å². The van der Waals surface area contributed by atoms with Crippen LogP contribution >= 0.6 is 0 Å². The van der Waals surface area contributed by atoms with Gasteiger partial charge in [-0.15, -0.1) is 0 Å². The van der Waals surface area contributed by atoms with Gasteiger partial charge in [-0.2, -0.15) is 4.31 Å². The van der Waals surface area contributed by atoms with Crippen molar-refractivity contribution in [3.05, 3.63) is 29.3 Å². The summed E-state index contributed by atoms with van der Waals surface area (Å²) in [6.45, 7) is 1.89. The largest absolute Gasteiger partial charge is 0.392 e. The Labute approximate surface area is 123 Å². The third-order valence-corrected chi connectivity index (χ3v) is 5.35. The third kappa shape index (κ3) is 3.59. The standard InChI is InChI=1S/C14H19F2NO3S/c1-2-5-17(8-10-3-4-10)21(19,20)13-7-11(9-18)6-12(15)14(13)16/h6-7,10,18H,2-5,8-9H2,1H3. The summed E-state index contributed by atoms with van der Waals surface area (Å²) in [5.41, 5.74) is 0.0374. The first kappa shape index (κ1) is 16.3. The molecule has 0 aliphatic heterocycles. The zero-order valence-corrected chi connectivity index (χ0v) is 12.7. The smallest absolute Gasteiger partial charge is 0.246 e. The van der Waals surface area contributed by atoms with E-state index in [2.05, 4.69) is 0 Å². The zero-order chi connectivity index (χ0) is 15.6. The van der Waals surface area contributed by atoms with Crippen molar-refractivity contribution >= 4 is 10.0 Å². The Kier molecular flexibility index (Phi) is 4.95. The van der Waals surface area contributed by atoms with Crippen LogP contribution in [0.25, 0.3) is 0 Å². The van der Waals surface area contributed by atoms with Crippen molar-refractivity contribution in [2.45, 2.75) is 37.7 Å². The van der Waals surface area contributed by atoms with Crippen LogP contribution in [-0.2, 0) is 16.6 Å². The molecule has 0 saturated heterocycles. The van der Waals surface area contributed by atoms with Crippen LogP contribution in [0.3, 0.4) is 0 Å². The lowest BCUT2D eigenvalue weighted by Crippen LogP contribution is -2.34. The predicted molar refractivity (Wildman–Crippen MR) is 74.1 cm³/mol. The van der Waals surface area contributed by atoms with E-state index < -0.39 is 33.2 Å². The number of aliphatic hydroxyl groups is 1. The molecule has 1 N–H and O–H groups in total. The van der Waals surface area contributed by atoms with Gasteiger partial charge in [0.05, 0.1) is 6.61 Å². The van der Waals surface area contributed by atoms with E-state index in [-0.39, 0.29) is 12.1 Å². The molecular formula is C14H19F2NO3S. The summed E-state index contributed by atoms with van der Waals surface area (Å²) in [7, 11) is -4.10. The average molecular weight is 319 g/mol. The van der Waals surface area contributed by atoms with Crippen LogP contribution in [0.5, 0.6) is 0 Å². The molecule has 1 fully saturated rings. The number of nitrogens with zero attached hydrogens (tertiary/aromatic N) is 1. The lowest BCUT2D eigenvalue weighted by atomic mass is 10.2. The molecule has 0 atom stereocenters. The zero-order valence-electron chi connectivity index (χ0n) is 11.8. The second kappa shape index (κ2) is 6.37. The minimum Gasteiger partial charge on any atom is -0.392 e. The highest BCUT2D eigenvalue weighted by Crippen LogP contribution is 2.32. The number of aliphatic hydroxyl groups excluding tert-OH is 1. The predicted octanol–water partition coefficient (Wildman–Crippen LogP) is 2.27. The van der Waals surface area contributed by atoms with Crippen LogP contribution in [0.1, 0.15) is 31.7 Å². The highest BCUT2D eigenvalue weighted by molar-refractivity contribution is 7.89. The van der Waals surface area contributed by atoms with Gasteiger partial charge in [0.2, 0.25) is 10.0 Å². The van der Waals surface area contributed by atoms with E-state index in [1.807, 2.05) is 6.92 Å². The molecule has 1 aromatic carbocycles. The molecule has 0 amide bonds. The van der Waals surface area contributed by atoms with Crippen molar-refractivity contribution in [3.8, 4) is 0 Å². The van der Waals surface area contributed by atoms with Crippen molar-refractivity contribution in [1.82, 2.24) is 4.31 Å². The number of hydrogen-bond donors (Lipinski definition) is 1. The minimum atomic E-state index is -4.10. The number of sulfonamides is 1. The van der Waals surface area contributed by atoms with Gasteiger partial charge in [-0.05, 0) is 42.9 Å². The Morgan fingerprint density at radius 2 is 2.00 bits per heavy atom. The van der Waals surface area contributed by atoms with Gasteiger partial charge in [-0.3, -0.25) is 0 Å². The highest BCUT2D eigenvalue weighted by atomic mass is 32.2. The normalized spacial score (nSPS) is 15.7. The molecule has 1 saturated carbocycles. The maximum Gasteiger partial charge on any atom is 0.246 e. The first-order valence-electron chi connectivity index (χ1n) is 6.99. The van der Waals surface area contributed by atoms with Gasteiger partial charge in [-0.1, -0.05) is 6.92 Å². The first-order chi connectivity index (χ1) is 9.90.